The molecule has 0 atom stereocenters. The van der Waals surface area contributed by atoms with Gasteiger partial charge in [0.2, 0.25) is 11.8 Å². The van der Waals surface area contributed by atoms with Crippen molar-refractivity contribution in [2.45, 2.75) is 25.3 Å². The minimum atomic E-state index is -0.175. The third-order valence-electron chi connectivity index (χ3n) is 5.88. The Balaban J connectivity index is 1.26. The van der Waals surface area contributed by atoms with Crippen LogP contribution in [0.15, 0.2) is 48.6 Å². The number of nitrogens with one attached hydrogen (secondary N) is 1. The minimum absolute atomic E-state index is 0.00606. The lowest BCUT2D eigenvalue weighted by Crippen LogP contribution is -2.41. The zero-order valence-corrected chi connectivity index (χ0v) is 21.3. The predicted octanol–water partition coefficient (Wildman–Crippen LogP) is 3.71. The molecule has 5 rings (SSSR count). The number of amides is 1. The number of fused-ring (bicyclic) bond motifs is 1. The number of halogens is 2. The van der Waals surface area contributed by atoms with Crippen LogP contribution in [-0.4, -0.2) is 55.7 Å². The Hall–Kier alpha value is -2.99. The topological polar surface area (TPSA) is 119 Å². The monoisotopic (exact) mass is 590 g/mol. The van der Waals surface area contributed by atoms with E-state index in [9.17, 15) is 9.59 Å². The number of rotatable bonds is 5. The Kier molecular flexibility index (Phi) is 6.26. The Bertz CT molecular complexity index is 1420. The standard InChI is InChI=1S/C22H20Br2N6O4/c1-33-19-14(9-12(23)10-15(19)24)21-28-27-17(34-21)11-18(31)29-7-4-13(5-8-29)30-16-3-2-6-25-20(16)26-22(30)32/h2-3,6,9-10,13H,4-5,7-8,11H2,1H3,(H,25,26,32). The van der Waals surface area contributed by atoms with E-state index in [1.54, 1.807) is 22.8 Å². The number of hydrogen-bond donors (Lipinski definition) is 1. The van der Waals surface area contributed by atoms with Gasteiger partial charge in [-0.05, 0) is 53.0 Å². The molecule has 3 aromatic heterocycles. The molecule has 0 saturated carbocycles. The summed E-state index contributed by atoms with van der Waals surface area (Å²) in [5.41, 5.74) is 1.80. The van der Waals surface area contributed by atoms with Gasteiger partial charge in [0, 0.05) is 29.8 Å². The highest BCUT2D eigenvalue weighted by Gasteiger charge is 2.27. The van der Waals surface area contributed by atoms with E-state index in [-0.39, 0.29) is 35.8 Å². The van der Waals surface area contributed by atoms with Crippen LogP contribution in [0.25, 0.3) is 22.6 Å². The summed E-state index contributed by atoms with van der Waals surface area (Å²) in [6, 6.07) is 7.37. The highest BCUT2D eigenvalue weighted by Crippen LogP contribution is 2.38. The molecule has 0 aliphatic carbocycles. The Morgan fingerprint density at radius 2 is 2.06 bits per heavy atom. The van der Waals surface area contributed by atoms with Crippen LogP contribution in [0.1, 0.15) is 24.8 Å². The Labute approximate surface area is 210 Å². The summed E-state index contributed by atoms with van der Waals surface area (Å²) in [5.74, 6) is 0.977. The SMILES string of the molecule is COc1c(Br)cc(Br)cc1-c1nnc(CC(=O)N2CCC(n3c(=O)[nH]c4ncccc43)CC2)o1. The molecule has 1 amide bonds. The highest BCUT2D eigenvalue weighted by molar-refractivity contribution is 9.11. The Morgan fingerprint density at radius 3 is 2.82 bits per heavy atom. The van der Waals surface area contributed by atoms with Crippen molar-refractivity contribution in [2.24, 2.45) is 0 Å². The molecule has 4 heterocycles. The van der Waals surface area contributed by atoms with Crippen molar-refractivity contribution >= 4 is 48.9 Å². The molecule has 10 nitrogen and oxygen atoms in total. The van der Waals surface area contributed by atoms with Gasteiger partial charge < -0.3 is 14.1 Å². The van der Waals surface area contributed by atoms with Gasteiger partial charge in [0.1, 0.15) is 12.2 Å². The molecule has 0 radical (unpaired) electrons. The smallest absolute Gasteiger partial charge is 0.327 e. The molecule has 1 aliphatic rings. The quantitative estimate of drug-likeness (QED) is 0.376. The maximum Gasteiger partial charge on any atom is 0.327 e. The number of nitrogens with zero attached hydrogens (tertiary/aromatic N) is 5. The highest BCUT2D eigenvalue weighted by atomic mass is 79.9. The number of likely N-dealkylation sites (tertiary alicyclic amines) is 1. The molecule has 1 saturated heterocycles. The molecule has 0 bridgehead atoms. The van der Waals surface area contributed by atoms with Gasteiger partial charge in [0.25, 0.3) is 5.89 Å². The van der Waals surface area contributed by atoms with Gasteiger partial charge in [-0.25, -0.2) is 9.78 Å². The number of benzene rings is 1. The fraction of sp³-hybridized carbons (Fsp3) is 0.318. The first-order valence-electron chi connectivity index (χ1n) is 10.6. The summed E-state index contributed by atoms with van der Waals surface area (Å²) in [4.78, 5) is 34.1. The minimum Gasteiger partial charge on any atom is -0.495 e. The van der Waals surface area contributed by atoms with Crippen molar-refractivity contribution in [2.75, 3.05) is 20.2 Å². The summed E-state index contributed by atoms with van der Waals surface area (Å²) < 4.78 is 14.5. The zero-order valence-electron chi connectivity index (χ0n) is 18.1. The van der Waals surface area contributed by atoms with Crippen molar-refractivity contribution in [1.82, 2.24) is 29.6 Å². The van der Waals surface area contributed by atoms with Crippen LogP contribution in [0.2, 0.25) is 0 Å². The average Bonchev–Trinajstić information content (AvgIpc) is 3.42. The fourth-order valence-corrected chi connectivity index (χ4v) is 5.68. The van der Waals surface area contributed by atoms with Crippen LogP contribution in [0.3, 0.4) is 0 Å². The number of carbonyl (C=O) groups excluding carboxylic acids is 1. The Morgan fingerprint density at radius 1 is 1.26 bits per heavy atom. The number of methoxy groups -OCH3 is 1. The molecular weight excluding hydrogens is 572 g/mol. The van der Waals surface area contributed by atoms with Crippen molar-refractivity contribution < 1.29 is 13.9 Å². The molecule has 4 aromatic rings. The van der Waals surface area contributed by atoms with E-state index in [0.717, 1.165) is 14.5 Å². The second-order valence-corrected chi connectivity index (χ2v) is 9.70. The van der Waals surface area contributed by atoms with E-state index >= 15 is 0 Å². The molecule has 1 aliphatic heterocycles. The fourth-order valence-electron chi connectivity index (χ4n) is 4.30. The average molecular weight is 592 g/mol. The molecule has 176 valence electrons. The van der Waals surface area contributed by atoms with E-state index in [2.05, 4.69) is 52.0 Å². The van der Waals surface area contributed by atoms with E-state index in [1.165, 1.54) is 0 Å². The van der Waals surface area contributed by atoms with E-state index in [4.69, 9.17) is 9.15 Å². The van der Waals surface area contributed by atoms with Gasteiger partial charge in [-0.15, -0.1) is 10.2 Å². The normalized spacial score (nSPS) is 14.6. The van der Waals surface area contributed by atoms with E-state index < -0.39 is 0 Å². The zero-order chi connectivity index (χ0) is 23.8. The molecule has 1 fully saturated rings. The van der Waals surface area contributed by atoms with Crippen LogP contribution in [0.4, 0.5) is 0 Å². The number of imidazole rings is 1. The summed E-state index contributed by atoms with van der Waals surface area (Å²) in [7, 11) is 1.56. The number of pyridine rings is 1. The van der Waals surface area contributed by atoms with Crippen LogP contribution in [0.5, 0.6) is 5.75 Å². The molecular formula is C22H20Br2N6O4. The van der Waals surface area contributed by atoms with Crippen molar-refractivity contribution in [1.29, 1.82) is 0 Å². The number of piperidine rings is 1. The van der Waals surface area contributed by atoms with Crippen LogP contribution < -0.4 is 10.4 Å². The maximum absolute atomic E-state index is 12.9. The number of hydrogen-bond acceptors (Lipinski definition) is 7. The van der Waals surface area contributed by atoms with E-state index in [1.807, 2.05) is 24.3 Å². The van der Waals surface area contributed by atoms with Crippen molar-refractivity contribution in [3.05, 3.63) is 55.8 Å². The van der Waals surface area contributed by atoms with Crippen molar-refractivity contribution in [3.8, 4) is 17.2 Å². The first-order valence-corrected chi connectivity index (χ1v) is 12.2. The first kappa shape index (κ1) is 22.8. The van der Waals surface area contributed by atoms with Gasteiger partial charge in [0.15, 0.2) is 5.65 Å². The summed E-state index contributed by atoms with van der Waals surface area (Å²) in [5, 5.41) is 8.16. The lowest BCUT2D eigenvalue weighted by Gasteiger charge is -2.32. The summed E-state index contributed by atoms with van der Waals surface area (Å²) in [6.07, 6.45) is 3.00. The third-order valence-corrected chi connectivity index (χ3v) is 6.93. The summed E-state index contributed by atoms with van der Waals surface area (Å²) >= 11 is 6.91. The summed E-state index contributed by atoms with van der Waals surface area (Å²) in [6.45, 7) is 1.08. The van der Waals surface area contributed by atoms with Gasteiger partial charge in [-0.3, -0.25) is 14.3 Å². The van der Waals surface area contributed by atoms with Gasteiger partial charge in [-0.2, -0.15) is 0 Å². The van der Waals surface area contributed by atoms with Gasteiger partial charge in [0.05, 0.1) is 22.7 Å². The number of carbonyl (C=O) groups is 1. The third kappa shape index (κ3) is 4.27. The van der Waals surface area contributed by atoms with Crippen LogP contribution >= 0.6 is 31.9 Å². The lowest BCUT2D eigenvalue weighted by molar-refractivity contribution is -0.132. The molecule has 1 aromatic carbocycles. The van der Waals surface area contributed by atoms with Crippen LogP contribution in [0, 0.1) is 0 Å². The number of aromatic nitrogens is 5. The largest absolute Gasteiger partial charge is 0.495 e. The second-order valence-electron chi connectivity index (χ2n) is 7.93. The number of ether oxygens (including phenoxy) is 1. The van der Waals surface area contributed by atoms with E-state index in [0.29, 0.717) is 42.9 Å². The first-order chi connectivity index (χ1) is 16.4. The predicted molar refractivity (Wildman–Crippen MR) is 131 cm³/mol. The van der Waals surface area contributed by atoms with Crippen molar-refractivity contribution in [3.63, 3.8) is 0 Å². The molecule has 1 N–H and O–H groups in total. The molecule has 34 heavy (non-hydrogen) atoms. The van der Waals surface area contributed by atoms with Crippen LogP contribution in [-0.2, 0) is 11.2 Å². The molecule has 12 heteroatoms. The lowest BCUT2D eigenvalue weighted by atomic mass is 10.0. The second kappa shape index (κ2) is 9.34. The number of aromatic amines is 1. The van der Waals surface area contributed by atoms with Gasteiger partial charge >= 0.3 is 5.69 Å². The van der Waals surface area contributed by atoms with Gasteiger partial charge in [-0.1, -0.05) is 15.9 Å². The molecule has 0 unspecified atom stereocenters. The number of H-pyrrole nitrogens is 1. The maximum atomic E-state index is 12.9. The molecule has 0 spiro atoms.